The third-order valence-electron chi connectivity index (χ3n) is 5.51. The Hall–Kier alpha value is -3.04. The van der Waals surface area contributed by atoms with Gasteiger partial charge in [-0.3, -0.25) is 14.9 Å². The molecule has 156 valence electrons. The minimum atomic E-state index is -4.20. The number of carbonyl (C=O) groups excluding carboxylic acids is 1. The lowest BCUT2D eigenvalue weighted by molar-refractivity contribution is -0.544. The average molecular weight is 428 g/mol. The van der Waals surface area contributed by atoms with Crippen molar-refractivity contribution >= 4 is 15.9 Å². The van der Waals surface area contributed by atoms with Crippen molar-refractivity contribution in [3.63, 3.8) is 0 Å². The third-order valence-corrected chi connectivity index (χ3v) is 7.34. The van der Waals surface area contributed by atoms with Gasteiger partial charge in [0.2, 0.25) is 5.60 Å². The molecule has 2 aromatic carbocycles. The van der Waals surface area contributed by atoms with Crippen LogP contribution < -0.4 is 0 Å². The van der Waals surface area contributed by atoms with Gasteiger partial charge in [0.1, 0.15) is 0 Å². The van der Waals surface area contributed by atoms with Gasteiger partial charge in [-0.2, -0.15) is 0 Å². The minimum Gasteiger partial charge on any atom is -0.350 e. The lowest BCUT2D eigenvalue weighted by Gasteiger charge is -2.47. The number of ether oxygens (including phenoxy) is 1. The molecule has 3 aliphatic rings. The van der Waals surface area contributed by atoms with E-state index in [1.165, 1.54) is 24.3 Å². The maximum atomic E-state index is 13.4. The van der Waals surface area contributed by atoms with E-state index in [-0.39, 0.29) is 17.9 Å². The summed E-state index contributed by atoms with van der Waals surface area (Å²) in [6, 6.07) is 12.7. The molecule has 1 fully saturated rings. The Kier molecular flexibility index (Phi) is 4.95. The average Bonchev–Trinajstić information content (AvgIpc) is 2.73. The summed E-state index contributed by atoms with van der Waals surface area (Å²) in [5.74, 6) is -0.931. The van der Waals surface area contributed by atoms with E-state index in [2.05, 4.69) is 0 Å². The number of benzene rings is 2. The second-order valence-electron chi connectivity index (χ2n) is 7.45. The number of nitrogens with zero attached hydrogens (tertiary/aromatic N) is 2. The summed E-state index contributed by atoms with van der Waals surface area (Å²) >= 11 is 0. The Morgan fingerprint density at radius 3 is 2.47 bits per heavy atom. The van der Waals surface area contributed by atoms with Gasteiger partial charge < -0.3 is 4.74 Å². The molecule has 1 aliphatic carbocycles. The molecule has 0 N–H and O–H groups in total. The van der Waals surface area contributed by atoms with Gasteiger partial charge in [0.15, 0.2) is 0 Å². The van der Waals surface area contributed by atoms with E-state index >= 15 is 0 Å². The topological polar surface area (TPSA) is 107 Å². The number of nitro groups is 1. The van der Waals surface area contributed by atoms with Crippen LogP contribution in [0.1, 0.15) is 17.5 Å². The molecule has 0 unspecified atom stereocenters. The summed E-state index contributed by atoms with van der Waals surface area (Å²) in [5.41, 5.74) is -0.390. The van der Waals surface area contributed by atoms with Crippen LogP contribution in [0.2, 0.25) is 0 Å². The molecule has 8 nitrogen and oxygen atoms in total. The fourth-order valence-corrected chi connectivity index (χ4v) is 5.48. The summed E-state index contributed by atoms with van der Waals surface area (Å²) in [7, 11) is -4.20. The van der Waals surface area contributed by atoms with E-state index in [1.54, 1.807) is 36.4 Å². The highest BCUT2D eigenvalue weighted by atomic mass is 32.2. The van der Waals surface area contributed by atoms with Crippen LogP contribution in [-0.2, 0) is 26.2 Å². The first kappa shape index (κ1) is 20.2. The molecule has 2 aliphatic heterocycles. The fraction of sp³-hybridized carbons (Fsp3) is 0.286. The highest BCUT2D eigenvalue weighted by Gasteiger charge is 2.64. The number of sulfonamides is 1. The Labute approximate surface area is 174 Å². The first-order chi connectivity index (χ1) is 14.3. The first-order valence-electron chi connectivity index (χ1n) is 9.42. The predicted molar refractivity (Wildman–Crippen MR) is 108 cm³/mol. The molecule has 3 atom stereocenters. The fourth-order valence-electron chi connectivity index (χ4n) is 3.89. The summed E-state index contributed by atoms with van der Waals surface area (Å²) in [5, 5.41) is 11.7. The highest BCUT2D eigenvalue weighted by molar-refractivity contribution is 7.89. The lowest BCUT2D eigenvalue weighted by atomic mass is 9.78. The predicted octanol–water partition coefficient (Wildman–Crippen LogP) is 2.46. The molecular weight excluding hydrogens is 408 g/mol. The van der Waals surface area contributed by atoms with Crippen molar-refractivity contribution in [2.24, 2.45) is 0 Å². The Morgan fingerprint density at radius 1 is 1.17 bits per heavy atom. The van der Waals surface area contributed by atoms with Crippen molar-refractivity contribution in [3.05, 3.63) is 88.0 Å². The van der Waals surface area contributed by atoms with E-state index in [9.17, 15) is 23.3 Å². The quantitative estimate of drug-likeness (QED) is 0.397. The zero-order valence-electron chi connectivity index (χ0n) is 16.2. The maximum absolute atomic E-state index is 13.4. The molecule has 9 heteroatoms. The number of piperidine rings is 1. The second kappa shape index (κ2) is 7.33. The van der Waals surface area contributed by atoms with Gasteiger partial charge in [0.05, 0.1) is 17.5 Å². The zero-order chi connectivity index (χ0) is 21.5. The molecule has 30 heavy (non-hydrogen) atoms. The van der Waals surface area contributed by atoms with Gasteiger partial charge in [-0.25, -0.2) is 12.7 Å². The summed E-state index contributed by atoms with van der Waals surface area (Å²) in [6.45, 7) is 1.76. The SMILES string of the molecule is Cc1ccc(S(=O)(=O)N2C(=O)[C@@]3(OCc4ccccc4)C=C[C@@H]2C[C@H]3[N+](=O)[O-])cc1. The molecule has 0 radical (unpaired) electrons. The third kappa shape index (κ3) is 3.20. The second-order valence-corrected chi connectivity index (χ2v) is 9.26. The van der Waals surface area contributed by atoms with Crippen LogP contribution in [0.5, 0.6) is 0 Å². The van der Waals surface area contributed by atoms with Gasteiger partial charge in [-0.1, -0.05) is 54.1 Å². The Morgan fingerprint density at radius 2 is 1.83 bits per heavy atom. The number of carbonyl (C=O) groups is 1. The van der Waals surface area contributed by atoms with Crippen molar-refractivity contribution in [3.8, 4) is 0 Å². The van der Waals surface area contributed by atoms with Gasteiger partial charge in [0, 0.05) is 11.3 Å². The van der Waals surface area contributed by atoms with Crippen LogP contribution in [0.4, 0.5) is 0 Å². The standard InChI is InChI=1S/C21H20N2O6S/c1-15-7-9-18(10-8-15)30(27,28)22-17-11-12-21(20(22)24,19(13-17)23(25)26)29-14-16-5-3-2-4-6-16/h2-12,17,19H,13-14H2,1H3/t17-,19-,21-/m1/s1. The summed E-state index contributed by atoms with van der Waals surface area (Å²) in [4.78, 5) is 24.5. The van der Waals surface area contributed by atoms with Crippen molar-refractivity contribution in [1.82, 2.24) is 4.31 Å². The highest BCUT2D eigenvalue weighted by Crippen LogP contribution is 2.41. The number of rotatable bonds is 6. The molecule has 2 aromatic rings. The summed E-state index contributed by atoms with van der Waals surface area (Å²) in [6.07, 6.45) is 2.72. The van der Waals surface area contributed by atoms with Crippen molar-refractivity contribution < 1.29 is 22.9 Å². The van der Waals surface area contributed by atoms with Gasteiger partial charge in [-0.15, -0.1) is 0 Å². The van der Waals surface area contributed by atoms with Gasteiger partial charge in [-0.05, 0) is 30.7 Å². The zero-order valence-corrected chi connectivity index (χ0v) is 17.0. The Bertz CT molecular complexity index is 1110. The largest absolute Gasteiger partial charge is 0.350 e. The van der Waals surface area contributed by atoms with Crippen LogP contribution >= 0.6 is 0 Å². The molecule has 5 rings (SSSR count). The Balaban J connectivity index is 1.73. The molecular formula is C21H20N2O6S. The lowest BCUT2D eigenvalue weighted by Crippen LogP contribution is -2.69. The normalized spacial score (nSPS) is 25.5. The molecule has 1 saturated heterocycles. The van der Waals surface area contributed by atoms with Crippen LogP contribution in [0.25, 0.3) is 0 Å². The minimum absolute atomic E-state index is 0.0433. The van der Waals surface area contributed by atoms with Crippen molar-refractivity contribution in [2.45, 2.75) is 42.5 Å². The number of fused-ring (bicyclic) bond motifs is 2. The molecule has 2 bridgehead atoms. The van der Waals surface area contributed by atoms with Crippen molar-refractivity contribution in [2.75, 3.05) is 0 Å². The number of aryl methyl sites for hydroxylation is 1. The van der Waals surface area contributed by atoms with E-state index in [1.807, 2.05) is 13.0 Å². The van der Waals surface area contributed by atoms with E-state index < -0.39 is 38.5 Å². The smallest absolute Gasteiger partial charge is 0.280 e. The monoisotopic (exact) mass is 428 g/mol. The molecule has 0 saturated carbocycles. The van der Waals surface area contributed by atoms with Crippen molar-refractivity contribution in [1.29, 1.82) is 0 Å². The molecule has 2 heterocycles. The van der Waals surface area contributed by atoms with E-state index in [0.29, 0.717) is 0 Å². The maximum Gasteiger partial charge on any atom is 0.280 e. The van der Waals surface area contributed by atoms with Gasteiger partial charge in [0.25, 0.3) is 22.0 Å². The van der Waals surface area contributed by atoms with Crippen LogP contribution in [0.15, 0.2) is 71.6 Å². The van der Waals surface area contributed by atoms with Crippen LogP contribution in [-0.4, -0.2) is 41.2 Å². The molecule has 1 amide bonds. The van der Waals surface area contributed by atoms with Crippen LogP contribution in [0.3, 0.4) is 0 Å². The number of amides is 1. The van der Waals surface area contributed by atoms with E-state index in [4.69, 9.17) is 4.74 Å². The number of hydrogen-bond donors (Lipinski definition) is 0. The molecule has 0 spiro atoms. The van der Waals surface area contributed by atoms with E-state index in [0.717, 1.165) is 15.4 Å². The number of hydrogen-bond acceptors (Lipinski definition) is 6. The summed E-state index contributed by atoms with van der Waals surface area (Å²) < 4.78 is 33.0. The molecule has 0 aromatic heterocycles. The van der Waals surface area contributed by atoms with Crippen LogP contribution in [0, 0.1) is 17.0 Å². The first-order valence-corrected chi connectivity index (χ1v) is 10.9. The van der Waals surface area contributed by atoms with Gasteiger partial charge >= 0.3 is 0 Å².